The number of piperazine rings is 1. The molecule has 3 saturated heterocycles. The van der Waals surface area contributed by atoms with Crippen molar-refractivity contribution < 1.29 is 18.0 Å². The average Bonchev–Trinajstić information content (AvgIpc) is 3.46. The molecule has 5 atom stereocenters. The first-order valence-electron chi connectivity index (χ1n) is 10.8. The van der Waals surface area contributed by atoms with Crippen LogP contribution in [0, 0.1) is 11.3 Å². The van der Waals surface area contributed by atoms with Gasteiger partial charge in [0.05, 0.1) is 29.1 Å². The standard InChI is InChI=1S/C21H28N6O4S/c1-13(14-4-2-6-17(8-14)32(24,30)31)27-16-9-19(21(27)29)25(11-16)12-18(23)20(28)26-7-3-5-15(26)10-22/h2,4,6,8,13,15-16,18-19H,3,5,7,9,11-12,23H2,1H3,(H2,24,30,31)/t13-,15-,16?,18-,19+/m0/s1. The lowest BCUT2D eigenvalue weighted by Gasteiger charge is -2.38. The number of hydrogen-bond donors (Lipinski definition) is 2. The summed E-state index contributed by atoms with van der Waals surface area (Å²) in [5.74, 6) is -0.292. The number of nitriles is 1. The van der Waals surface area contributed by atoms with Crippen molar-refractivity contribution in [2.75, 3.05) is 19.6 Å². The number of sulfonamides is 1. The molecule has 3 heterocycles. The van der Waals surface area contributed by atoms with Crippen molar-refractivity contribution in [1.29, 1.82) is 5.26 Å². The highest BCUT2D eigenvalue weighted by Gasteiger charge is 2.51. The zero-order valence-corrected chi connectivity index (χ0v) is 18.7. The molecular weight excluding hydrogens is 432 g/mol. The van der Waals surface area contributed by atoms with Gasteiger partial charge < -0.3 is 15.5 Å². The Bertz CT molecular complexity index is 1070. The number of likely N-dealkylation sites (tertiary alicyclic amines) is 3. The van der Waals surface area contributed by atoms with Gasteiger partial charge in [0.25, 0.3) is 0 Å². The Kier molecular flexibility index (Phi) is 5.98. The van der Waals surface area contributed by atoms with Crippen molar-refractivity contribution >= 4 is 21.8 Å². The summed E-state index contributed by atoms with van der Waals surface area (Å²) >= 11 is 0. The lowest BCUT2D eigenvalue weighted by atomic mass is 10.1. The van der Waals surface area contributed by atoms with Gasteiger partial charge in [0.15, 0.2) is 0 Å². The fourth-order valence-corrected chi connectivity index (χ4v) is 5.79. The predicted octanol–water partition coefficient (Wildman–Crippen LogP) is -0.478. The van der Waals surface area contributed by atoms with E-state index in [-0.39, 0.29) is 41.4 Å². The molecule has 0 radical (unpaired) electrons. The molecule has 32 heavy (non-hydrogen) atoms. The molecule has 1 aromatic rings. The Balaban J connectivity index is 1.42. The maximum Gasteiger partial charge on any atom is 0.241 e. The van der Waals surface area contributed by atoms with Crippen molar-refractivity contribution in [1.82, 2.24) is 14.7 Å². The molecule has 3 fully saturated rings. The minimum absolute atomic E-state index is 0.0161. The van der Waals surface area contributed by atoms with Gasteiger partial charge in [-0.15, -0.1) is 0 Å². The third kappa shape index (κ3) is 3.99. The number of carbonyl (C=O) groups excluding carboxylic acids is 2. The van der Waals surface area contributed by atoms with E-state index in [0.29, 0.717) is 31.5 Å². The molecule has 172 valence electrons. The normalized spacial score (nSPS) is 27.6. The number of rotatable bonds is 6. The van der Waals surface area contributed by atoms with Crippen molar-refractivity contribution in [3.8, 4) is 6.07 Å². The van der Waals surface area contributed by atoms with Crippen LogP contribution in [0.15, 0.2) is 29.2 Å². The number of nitrogens with zero attached hydrogens (tertiary/aromatic N) is 4. The van der Waals surface area contributed by atoms with Crippen LogP contribution in [0.4, 0.5) is 0 Å². The van der Waals surface area contributed by atoms with Crippen LogP contribution in [-0.2, 0) is 19.6 Å². The average molecular weight is 461 g/mol. The summed E-state index contributed by atoms with van der Waals surface area (Å²) in [5.41, 5.74) is 6.88. The molecule has 3 aliphatic rings. The molecule has 0 aromatic heterocycles. The van der Waals surface area contributed by atoms with E-state index in [9.17, 15) is 23.3 Å². The number of primary sulfonamides is 1. The molecular formula is C21H28N6O4S. The van der Waals surface area contributed by atoms with E-state index in [1.165, 1.54) is 12.1 Å². The van der Waals surface area contributed by atoms with Crippen LogP contribution < -0.4 is 10.9 Å². The summed E-state index contributed by atoms with van der Waals surface area (Å²) < 4.78 is 23.4. The van der Waals surface area contributed by atoms with Crippen molar-refractivity contribution in [2.45, 2.75) is 61.3 Å². The van der Waals surface area contributed by atoms with E-state index in [1.54, 1.807) is 21.9 Å². The summed E-state index contributed by atoms with van der Waals surface area (Å²) in [6, 6.07) is 6.59. The van der Waals surface area contributed by atoms with Gasteiger partial charge in [-0.05, 0) is 43.9 Å². The van der Waals surface area contributed by atoms with Crippen molar-refractivity contribution in [3.63, 3.8) is 0 Å². The van der Waals surface area contributed by atoms with E-state index in [4.69, 9.17) is 10.9 Å². The van der Waals surface area contributed by atoms with Crippen LogP contribution in [0.2, 0.25) is 0 Å². The van der Waals surface area contributed by atoms with Gasteiger partial charge in [-0.2, -0.15) is 5.26 Å². The maximum atomic E-state index is 13.1. The Morgan fingerprint density at radius 1 is 1.38 bits per heavy atom. The number of amides is 2. The number of carbonyl (C=O) groups is 2. The monoisotopic (exact) mass is 460 g/mol. The highest BCUT2D eigenvalue weighted by Crippen LogP contribution is 2.38. The Morgan fingerprint density at radius 3 is 2.78 bits per heavy atom. The first-order valence-corrected chi connectivity index (χ1v) is 12.3. The van der Waals surface area contributed by atoms with Gasteiger partial charge in [-0.3, -0.25) is 14.5 Å². The van der Waals surface area contributed by atoms with Gasteiger partial charge in [0, 0.05) is 25.7 Å². The van der Waals surface area contributed by atoms with E-state index >= 15 is 0 Å². The lowest BCUT2D eigenvalue weighted by molar-refractivity contribution is -0.141. The number of benzene rings is 1. The maximum absolute atomic E-state index is 13.1. The molecule has 1 aromatic carbocycles. The zero-order valence-electron chi connectivity index (χ0n) is 17.9. The Labute approximate surface area is 187 Å². The minimum atomic E-state index is -3.83. The highest BCUT2D eigenvalue weighted by molar-refractivity contribution is 7.89. The number of fused-ring (bicyclic) bond motifs is 2. The fourth-order valence-electron chi connectivity index (χ4n) is 5.22. The molecule has 11 heteroatoms. The smallest absolute Gasteiger partial charge is 0.241 e. The molecule has 4 N–H and O–H groups in total. The molecule has 2 amide bonds. The van der Waals surface area contributed by atoms with Gasteiger partial charge in [0.2, 0.25) is 21.8 Å². The molecule has 0 spiro atoms. The molecule has 4 rings (SSSR count). The second-order valence-corrected chi connectivity index (χ2v) is 10.4. The largest absolute Gasteiger partial charge is 0.330 e. The molecule has 0 saturated carbocycles. The minimum Gasteiger partial charge on any atom is -0.330 e. The van der Waals surface area contributed by atoms with Gasteiger partial charge >= 0.3 is 0 Å². The highest BCUT2D eigenvalue weighted by atomic mass is 32.2. The van der Waals surface area contributed by atoms with Crippen LogP contribution in [-0.4, -0.2) is 78.7 Å². The summed E-state index contributed by atoms with van der Waals surface area (Å²) in [7, 11) is -3.83. The molecule has 2 bridgehead atoms. The Morgan fingerprint density at radius 2 is 2.12 bits per heavy atom. The second kappa shape index (κ2) is 8.44. The van der Waals surface area contributed by atoms with Gasteiger partial charge in [0.1, 0.15) is 6.04 Å². The van der Waals surface area contributed by atoms with Crippen LogP contribution in [0.5, 0.6) is 0 Å². The topological polar surface area (TPSA) is 154 Å². The van der Waals surface area contributed by atoms with E-state index in [0.717, 1.165) is 6.42 Å². The van der Waals surface area contributed by atoms with Crippen LogP contribution >= 0.6 is 0 Å². The summed E-state index contributed by atoms with van der Waals surface area (Å²) in [6.45, 7) is 3.27. The molecule has 1 unspecified atom stereocenters. The summed E-state index contributed by atoms with van der Waals surface area (Å²) in [6.07, 6.45) is 2.11. The SMILES string of the molecule is C[C@@H](c1cccc(S(N)(=O)=O)c1)N1C(=O)[C@H]2CC1CN2C[C@H](N)C(=O)N1CCC[C@H]1C#N. The Hall–Kier alpha value is -2.52. The van der Waals surface area contributed by atoms with Crippen LogP contribution in [0.1, 0.15) is 37.8 Å². The van der Waals surface area contributed by atoms with E-state index in [1.807, 2.05) is 11.8 Å². The van der Waals surface area contributed by atoms with Crippen molar-refractivity contribution in [2.24, 2.45) is 10.9 Å². The summed E-state index contributed by atoms with van der Waals surface area (Å²) in [4.78, 5) is 31.2. The van der Waals surface area contributed by atoms with Crippen LogP contribution in [0.25, 0.3) is 0 Å². The second-order valence-electron chi connectivity index (χ2n) is 8.82. The van der Waals surface area contributed by atoms with Gasteiger partial charge in [-0.1, -0.05) is 12.1 Å². The first kappa shape index (κ1) is 22.7. The van der Waals surface area contributed by atoms with Crippen molar-refractivity contribution in [3.05, 3.63) is 29.8 Å². The number of nitrogens with two attached hydrogens (primary N) is 2. The molecule has 0 aliphatic carbocycles. The van der Waals surface area contributed by atoms with Crippen LogP contribution in [0.3, 0.4) is 0 Å². The number of hydrogen-bond acceptors (Lipinski definition) is 7. The quantitative estimate of drug-likeness (QED) is 0.581. The van der Waals surface area contributed by atoms with E-state index < -0.39 is 22.1 Å². The lowest BCUT2D eigenvalue weighted by Crippen LogP contribution is -2.56. The van der Waals surface area contributed by atoms with Gasteiger partial charge in [-0.25, -0.2) is 13.6 Å². The third-order valence-corrected chi connectivity index (χ3v) is 7.74. The zero-order chi connectivity index (χ0) is 23.2. The molecule has 10 nitrogen and oxygen atoms in total. The predicted molar refractivity (Wildman–Crippen MR) is 115 cm³/mol. The summed E-state index contributed by atoms with van der Waals surface area (Å²) in [5, 5.41) is 14.5. The molecule has 3 aliphatic heterocycles. The van der Waals surface area contributed by atoms with E-state index in [2.05, 4.69) is 6.07 Å². The fraction of sp³-hybridized carbons (Fsp3) is 0.571. The first-order chi connectivity index (χ1) is 15.1. The third-order valence-electron chi connectivity index (χ3n) is 6.83.